The fraction of sp³-hybridized carbons (Fsp3) is 0.944. The highest BCUT2D eigenvalue weighted by atomic mass is 16.4. The standard InChI is InChI=1S/C18H34N2O2/c1-15-5-3-6-16(13-15)8-11-20-10-4-7-17(9-12-20)19(2)14-18(21)22/h15-17H,3-14H2,1-2H3,(H,21,22). The van der Waals surface area contributed by atoms with E-state index < -0.39 is 5.97 Å². The second kappa shape index (κ2) is 8.88. The van der Waals surface area contributed by atoms with E-state index in [1.165, 1.54) is 51.6 Å². The van der Waals surface area contributed by atoms with Gasteiger partial charge in [0.2, 0.25) is 0 Å². The van der Waals surface area contributed by atoms with Crippen molar-refractivity contribution in [3.8, 4) is 0 Å². The SMILES string of the molecule is CC1CCCC(CCN2CCCC(N(C)CC(=O)O)CC2)C1. The maximum absolute atomic E-state index is 10.9. The number of rotatable bonds is 6. The molecule has 2 aliphatic rings. The molecule has 0 aromatic rings. The fourth-order valence-electron chi connectivity index (χ4n) is 4.33. The number of likely N-dealkylation sites (tertiary alicyclic amines) is 1. The van der Waals surface area contributed by atoms with Crippen molar-refractivity contribution in [3.63, 3.8) is 0 Å². The lowest BCUT2D eigenvalue weighted by Crippen LogP contribution is -2.36. The van der Waals surface area contributed by atoms with E-state index in [1.807, 2.05) is 11.9 Å². The maximum atomic E-state index is 10.9. The van der Waals surface area contributed by atoms with Gasteiger partial charge in [0.05, 0.1) is 6.54 Å². The summed E-state index contributed by atoms with van der Waals surface area (Å²) in [6.07, 6.45) is 10.5. The Balaban J connectivity index is 1.70. The summed E-state index contributed by atoms with van der Waals surface area (Å²) in [5.74, 6) is 1.16. The van der Waals surface area contributed by atoms with E-state index in [-0.39, 0.29) is 6.54 Å². The van der Waals surface area contributed by atoms with Crippen LogP contribution in [0, 0.1) is 11.8 Å². The van der Waals surface area contributed by atoms with Gasteiger partial charge in [-0.05, 0) is 70.6 Å². The van der Waals surface area contributed by atoms with Gasteiger partial charge < -0.3 is 10.0 Å². The van der Waals surface area contributed by atoms with Crippen molar-refractivity contribution in [3.05, 3.63) is 0 Å². The van der Waals surface area contributed by atoms with Crippen molar-refractivity contribution in [2.24, 2.45) is 11.8 Å². The molecule has 128 valence electrons. The molecule has 4 nitrogen and oxygen atoms in total. The van der Waals surface area contributed by atoms with Crippen molar-refractivity contribution < 1.29 is 9.90 Å². The quantitative estimate of drug-likeness (QED) is 0.819. The molecule has 3 atom stereocenters. The van der Waals surface area contributed by atoms with Crippen LogP contribution in [0.3, 0.4) is 0 Å². The molecule has 0 radical (unpaired) electrons. The molecule has 1 heterocycles. The van der Waals surface area contributed by atoms with Crippen LogP contribution in [0.2, 0.25) is 0 Å². The van der Waals surface area contributed by atoms with E-state index >= 15 is 0 Å². The number of carbonyl (C=O) groups is 1. The molecular weight excluding hydrogens is 276 g/mol. The predicted molar refractivity (Wildman–Crippen MR) is 90.1 cm³/mol. The zero-order chi connectivity index (χ0) is 15.9. The van der Waals surface area contributed by atoms with E-state index in [2.05, 4.69) is 11.8 Å². The van der Waals surface area contributed by atoms with Gasteiger partial charge in [-0.1, -0.05) is 26.2 Å². The van der Waals surface area contributed by atoms with Gasteiger partial charge in [-0.3, -0.25) is 9.69 Å². The molecule has 0 spiro atoms. The van der Waals surface area contributed by atoms with Gasteiger partial charge in [-0.15, -0.1) is 0 Å². The number of hydrogen-bond donors (Lipinski definition) is 1. The van der Waals surface area contributed by atoms with Gasteiger partial charge in [-0.2, -0.15) is 0 Å². The second-order valence-corrected chi connectivity index (χ2v) is 7.66. The Morgan fingerprint density at radius 2 is 2.00 bits per heavy atom. The lowest BCUT2D eigenvalue weighted by Gasteiger charge is -2.29. The molecule has 2 fully saturated rings. The summed E-state index contributed by atoms with van der Waals surface area (Å²) in [5, 5.41) is 8.93. The molecule has 0 aromatic heterocycles. The van der Waals surface area contributed by atoms with Crippen LogP contribution in [0.5, 0.6) is 0 Å². The first kappa shape index (κ1) is 17.7. The number of carboxylic acids is 1. The van der Waals surface area contributed by atoms with Crippen LogP contribution in [0.15, 0.2) is 0 Å². The zero-order valence-electron chi connectivity index (χ0n) is 14.5. The highest BCUT2D eigenvalue weighted by molar-refractivity contribution is 5.69. The molecule has 22 heavy (non-hydrogen) atoms. The van der Waals surface area contributed by atoms with Gasteiger partial charge in [0, 0.05) is 6.04 Å². The minimum absolute atomic E-state index is 0.171. The number of nitrogens with zero attached hydrogens (tertiary/aromatic N) is 2. The van der Waals surface area contributed by atoms with Gasteiger partial charge in [0.15, 0.2) is 0 Å². The molecule has 1 N–H and O–H groups in total. The van der Waals surface area contributed by atoms with Gasteiger partial charge >= 0.3 is 5.97 Å². The Morgan fingerprint density at radius 3 is 2.73 bits per heavy atom. The van der Waals surface area contributed by atoms with Crippen LogP contribution in [0.25, 0.3) is 0 Å². The summed E-state index contributed by atoms with van der Waals surface area (Å²) in [4.78, 5) is 15.5. The van der Waals surface area contributed by atoms with E-state index in [1.54, 1.807) is 0 Å². The number of carboxylic acid groups (broad SMARTS) is 1. The van der Waals surface area contributed by atoms with Crippen LogP contribution in [-0.2, 0) is 4.79 Å². The minimum atomic E-state index is -0.713. The first-order chi connectivity index (χ1) is 10.5. The minimum Gasteiger partial charge on any atom is -0.480 e. The maximum Gasteiger partial charge on any atom is 0.317 e. The summed E-state index contributed by atoms with van der Waals surface area (Å²) < 4.78 is 0. The average molecular weight is 310 g/mol. The number of hydrogen-bond acceptors (Lipinski definition) is 3. The Morgan fingerprint density at radius 1 is 1.18 bits per heavy atom. The third-order valence-corrected chi connectivity index (χ3v) is 5.70. The molecule has 4 heteroatoms. The van der Waals surface area contributed by atoms with Crippen LogP contribution >= 0.6 is 0 Å². The van der Waals surface area contributed by atoms with E-state index in [0.29, 0.717) is 6.04 Å². The molecule has 0 amide bonds. The lowest BCUT2D eigenvalue weighted by atomic mass is 9.81. The smallest absolute Gasteiger partial charge is 0.317 e. The molecule has 1 saturated heterocycles. The van der Waals surface area contributed by atoms with Gasteiger partial charge in [0.1, 0.15) is 0 Å². The van der Waals surface area contributed by atoms with E-state index in [0.717, 1.165) is 31.2 Å². The molecule has 3 unspecified atom stereocenters. The molecular formula is C18H34N2O2. The van der Waals surface area contributed by atoms with Crippen LogP contribution in [0.1, 0.15) is 58.3 Å². The van der Waals surface area contributed by atoms with Crippen LogP contribution < -0.4 is 0 Å². The summed E-state index contributed by atoms with van der Waals surface area (Å²) in [5.41, 5.74) is 0. The summed E-state index contributed by atoms with van der Waals surface area (Å²) in [6.45, 7) is 6.15. The number of aliphatic carboxylic acids is 1. The molecule has 0 aromatic carbocycles. The summed E-state index contributed by atoms with van der Waals surface area (Å²) in [6, 6.07) is 0.441. The summed E-state index contributed by atoms with van der Waals surface area (Å²) >= 11 is 0. The first-order valence-electron chi connectivity index (χ1n) is 9.19. The van der Waals surface area contributed by atoms with Crippen LogP contribution in [-0.4, -0.2) is 60.1 Å². The van der Waals surface area contributed by atoms with Crippen LogP contribution in [0.4, 0.5) is 0 Å². The van der Waals surface area contributed by atoms with Gasteiger partial charge in [0.25, 0.3) is 0 Å². The monoisotopic (exact) mass is 310 g/mol. The molecule has 1 aliphatic heterocycles. The van der Waals surface area contributed by atoms with Gasteiger partial charge in [-0.25, -0.2) is 0 Å². The largest absolute Gasteiger partial charge is 0.480 e. The Labute approximate surface area is 135 Å². The summed E-state index contributed by atoms with van der Waals surface area (Å²) in [7, 11) is 1.96. The zero-order valence-corrected chi connectivity index (χ0v) is 14.5. The molecule has 1 saturated carbocycles. The van der Waals surface area contributed by atoms with Crippen molar-refractivity contribution in [1.82, 2.24) is 9.80 Å². The third-order valence-electron chi connectivity index (χ3n) is 5.70. The fourth-order valence-corrected chi connectivity index (χ4v) is 4.33. The Bertz CT molecular complexity index is 348. The highest BCUT2D eigenvalue weighted by Gasteiger charge is 2.23. The van der Waals surface area contributed by atoms with E-state index in [9.17, 15) is 4.79 Å². The van der Waals surface area contributed by atoms with Crippen molar-refractivity contribution >= 4 is 5.97 Å². The topological polar surface area (TPSA) is 43.8 Å². The Hall–Kier alpha value is -0.610. The Kier molecular flexibility index (Phi) is 7.16. The molecule has 1 aliphatic carbocycles. The lowest BCUT2D eigenvalue weighted by molar-refractivity contribution is -0.138. The molecule has 2 rings (SSSR count). The predicted octanol–water partition coefficient (Wildman–Crippen LogP) is 3.07. The van der Waals surface area contributed by atoms with Crippen molar-refractivity contribution in [2.75, 3.05) is 33.2 Å². The molecule has 0 bridgehead atoms. The third kappa shape index (κ3) is 5.88. The average Bonchev–Trinajstić information content (AvgIpc) is 2.70. The first-order valence-corrected chi connectivity index (χ1v) is 9.19. The number of likely N-dealkylation sites (N-methyl/N-ethyl adjacent to an activating group) is 1. The normalized spacial score (nSPS) is 31.1. The van der Waals surface area contributed by atoms with Crippen molar-refractivity contribution in [1.29, 1.82) is 0 Å². The highest BCUT2D eigenvalue weighted by Crippen LogP contribution is 2.31. The van der Waals surface area contributed by atoms with Crippen molar-refractivity contribution in [2.45, 2.75) is 64.3 Å². The second-order valence-electron chi connectivity index (χ2n) is 7.66. The van der Waals surface area contributed by atoms with E-state index in [4.69, 9.17) is 5.11 Å².